The minimum Gasteiger partial charge on any atom is -0.508 e. The fourth-order valence-corrected chi connectivity index (χ4v) is 4.24. The first-order valence-electron chi connectivity index (χ1n) is 12.2. The summed E-state index contributed by atoms with van der Waals surface area (Å²) in [5.41, 5.74) is 4.61. The van der Waals surface area contributed by atoms with Crippen molar-refractivity contribution in [2.45, 2.75) is 66.2 Å². The standard InChI is InChI=1S/C30H36O6/c1-17(2)7-6-8-19(5)10-11-20-13-22(25(32)14-24(20)31)23-16-36-27-15-26(33)21(12-9-18(3)4)29(34)28(27)30(23)35/h7,9-10,13-15,23,31-34H,6,8,11-12,16H2,1-5H3/b19-10+/t23-/m1/s1. The van der Waals surface area contributed by atoms with Gasteiger partial charge in [0.2, 0.25) is 0 Å². The Balaban J connectivity index is 1.92. The van der Waals surface area contributed by atoms with Crippen molar-refractivity contribution in [3.05, 3.63) is 75.4 Å². The Morgan fingerprint density at radius 3 is 2.25 bits per heavy atom. The highest BCUT2D eigenvalue weighted by Crippen LogP contribution is 2.45. The molecule has 6 nitrogen and oxygen atoms in total. The molecule has 192 valence electrons. The fraction of sp³-hybridized carbons (Fsp3) is 0.367. The predicted octanol–water partition coefficient (Wildman–Crippen LogP) is 6.61. The lowest BCUT2D eigenvalue weighted by atomic mass is 9.85. The molecule has 0 amide bonds. The number of carbonyl (C=O) groups excluding carboxylic acids is 1. The molecule has 0 fully saturated rings. The molecule has 0 bridgehead atoms. The topological polar surface area (TPSA) is 107 Å². The van der Waals surface area contributed by atoms with Gasteiger partial charge in [0.25, 0.3) is 0 Å². The van der Waals surface area contributed by atoms with Crippen LogP contribution in [0, 0.1) is 0 Å². The van der Waals surface area contributed by atoms with Crippen LogP contribution in [0.25, 0.3) is 0 Å². The summed E-state index contributed by atoms with van der Waals surface area (Å²) in [6.07, 6.45) is 8.63. The van der Waals surface area contributed by atoms with Crippen LogP contribution < -0.4 is 4.74 Å². The second kappa shape index (κ2) is 11.4. The Labute approximate surface area is 212 Å². The van der Waals surface area contributed by atoms with E-state index in [2.05, 4.69) is 19.9 Å². The molecule has 0 spiro atoms. The van der Waals surface area contributed by atoms with E-state index >= 15 is 0 Å². The van der Waals surface area contributed by atoms with Gasteiger partial charge in [0, 0.05) is 23.3 Å². The quantitative estimate of drug-likeness (QED) is 0.309. The lowest BCUT2D eigenvalue weighted by Gasteiger charge is -2.27. The van der Waals surface area contributed by atoms with E-state index in [0.717, 1.165) is 18.4 Å². The van der Waals surface area contributed by atoms with E-state index in [-0.39, 0.29) is 52.9 Å². The van der Waals surface area contributed by atoms with Crippen molar-refractivity contribution in [2.24, 2.45) is 0 Å². The van der Waals surface area contributed by atoms with Crippen molar-refractivity contribution in [1.29, 1.82) is 0 Å². The van der Waals surface area contributed by atoms with Crippen LogP contribution in [0.1, 0.15) is 80.4 Å². The molecule has 6 heteroatoms. The molecule has 2 aromatic rings. The molecule has 1 atom stereocenters. The van der Waals surface area contributed by atoms with E-state index in [9.17, 15) is 25.2 Å². The Hall–Kier alpha value is -3.67. The minimum absolute atomic E-state index is 0.00903. The molecule has 1 aliphatic rings. The molecule has 36 heavy (non-hydrogen) atoms. The third-order valence-electron chi connectivity index (χ3n) is 6.39. The van der Waals surface area contributed by atoms with Crippen LogP contribution in [0.3, 0.4) is 0 Å². The first-order chi connectivity index (χ1) is 17.0. The second-order valence-electron chi connectivity index (χ2n) is 9.92. The summed E-state index contributed by atoms with van der Waals surface area (Å²) in [4.78, 5) is 13.5. The molecule has 3 rings (SSSR count). The maximum absolute atomic E-state index is 13.5. The van der Waals surface area contributed by atoms with E-state index < -0.39 is 11.7 Å². The molecule has 1 aliphatic heterocycles. The highest BCUT2D eigenvalue weighted by molar-refractivity contribution is 6.07. The number of rotatable bonds is 8. The molecular formula is C30H36O6. The number of hydrogen-bond donors (Lipinski definition) is 4. The van der Waals surface area contributed by atoms with Crippen LogP contribution in [-0.4, -0.2) is 32.8 Å². The molecule has 4 N–H and O–H groups in total. The van der Waals surface area contributed by atoms with Crippen molar-refractivity contribution in [3.8, 4) is 28.7 Å². The summed E-state index contributed by atoms with van der Waals surface area (Å²) in [6, 6.07) is 4.22. The number of carbonyl (C=O) groups is 1. The van der Waals surface area contributed by atoms with Crippen LogP contribution in [0.2, 0.25) is 0 Å². The Morgan fingerprint density at radius 1 is 0.889 bits per heavy atom. The summed E-state index contributed by atoms with van der Waals surface area (Å²) in [5.74, 6) is -1.89. The molecule has 1 heterocycles. The number of phenolic OH excluding ortho intramolecular Hbond substituents is 4. The number of aromatic hydroxyl groups is 4. The number of hydrogen-bond acceptors (Lipinski definition) is 6. The van der Waals surface area contributed by atoms with Crippen LogP contribution >= 0.6 is 0 Å². The van der Waals surface area contributed by atoms with Crippen LogP contribution in [0.4, 0.5) is 0 Å². The first-order valence-corrected chi connectivity index (χ1v) is 12.2. The van der Waals surface area contributed by atoms with Gasteiger partial charge in [0.15, 0.2) is 5.78 Å². The van der Waals surface area contributed by atoms with Gasteiger partial charge in [-0.25, -0.2) is 0 Å². The Kier molecular flexibility index (Phi) is 8.51. The predicted molar refractivity (Wildman–Crippen MR) is 141 cm³/mol. The number of Topliss-reactive ketones (excluding diaryl/α,β-unsaturated/α-hetero) is 1. The number of phenols is 4. The van der Waals surface area contributed by atoms with Gasteiger partial charge in [-0.1, -0.05) is 34.9 Å². The monoisotopic (exact) mass is 492 g/mol. The second-order valence-corrected chi connectivity index (χ2v) is 9.92. The van der Waals surface area contributed by atoms with Gasteiger partial charge in [-0.15, -0.1) is 0 Å². The van der Waals surface area contributed by atoms with E-state index in [1.165, 1.54) is 23.3 Å². The van der Waals surface area contributed by atoms with Crippen molar-refractivity contribution in [3.63, 3.8) is 0 Å². The number of allylic oxidation sites excluding steroid dienone is 6. The van der Waals surface area contributed by atoms with Crippen molar-refractivity contribution >= 4 is 5.78 Å². The van der Waals surface area contributed by atoms with Crippen LogP contribution in [-0.2, 0) is 12.8 Å². The average Bonchev–Trinajstić information content (AvgIpc) is 2.78. The average molecular weight is 493 g/mol. The van der Waals surface area contributed by atoms with E-state index in [0.29, 0.717) is 17.5 Å². The lowest BCUT2D eigenvalue weighted by Crippen LogP contribution is -2.26. The highest BCUT2D eigenvalue weighted by atomic mass is 16.5. The van der Waals surface area contributed by atoms with Gasteiger partial charge in [0.1, 0.15) is 40.9 Å². The molecule has 0 unspecified atom stereocenters. The molecule has 0 saturated heterocycles. The zero-order chi connectivity index (χ0) is 26.6. The van der Waals surface area contributed by atoms with Crippen molar-refractivity contribution in [1.82, 2.24) is 0 Å². The molecule has 0 radical (unpaired) electrons. The molecule has 0 aromatic heterocycles. The van der Waals surface area contributed by atoms with Crippen LogP contribution in [0.5, 0.6) is 28.7 Å². The minimum atomic E-state index is -0.869. The van der Waals surface area contributed by atoms with Gasteiger partial charge in [0.05, 0.1) is 5.92 Å². The van der Waals surface area contributed by atoms with Gasteiger partial charge < -0.3 is 25.2 Å². The summed E-state index contributed by atoms with van der Waals surface area (Å²) in [5, 5.41) is 42.3. The highest BCUT2D eigenvalue weighted by Gasteiger charge is 2.36. The first kappa shape index (κ1) is 26.9. The summed E-state index contributed by atoms with van der Waals surface area (Å²) in [6.45, 7) is 9.92. The summed E-state index contributed by atoms with van der Waals surface area (Å²) < 4.78 is 5.74. The van der Waals surface area contributed by atoms with E-state index in [1.807, 2.05) is 32.9 Å². The molecule has 2 aromatic carbocycles. The smallest absolute Gasteiger partial charge is 0.181 e. The largest absolute Gasteiger partial charge is 0.508 e. The number of ketones is 1. The Morgan fingerprint density at radius 2 is 1.58 bits per heavy atom. The normalized spacial score (nSPS) is 15.2. The Bertz CT molecular complexity index is 1240. The van der Waals surface area contributed by atoms with Crippen molar-refractivity contribution < 1.29 is 30.0 Å². The fourth-order valence-electron chi connectivity index (χ4n) is 4.24. The van der Waals surface area contributed by atoms with Gasteiger partial charge >= 0.3 is 0 Å². The van der Waals surface area contributed by atoms with Gasteiger partial charge in [-0.3, -0.25) is 4.79 Å². The lowest BCUT2D eigenvalue weighted by molar-refractivity contribution is 0.0889. The third kappa shape index (κ3) is 6.11. The third-order valence-corrected chi connectivity index (χ3v) is 6.39. The SMILES string of the molecule is CC(C)=CCC/C(C)=C/Cc1cc([C@H]2COc3cc(O)c(CC=C(C)C)c(O)c3C2=O)c(O)cc1O. The van der Waals surface area contributed by atoms with E-state index in [4.69, 9.17) is 4.74 Å². The number of benzene rings is 2. The zero-order valence-corrected chi connectivity index (χ0v) is 21.7. The molecule has 0 aliphatic carbocycles. The maximum Gasteiger partial charge on any atom is 0.181 e. The summed E-state index contributed by atoms with van der Waals surface area (Å²) in [7, 11) is 0. The maximum atomic E-state index is 13.5. The van der Waals surface area contributed by atoms with Crippen LogP contribution in [0.15, 0.2) is 53.1 Å². The van der Waals surface area contributed by atoms with Gasteiger partial charge in [-0.05, 0) is 71.9 Å². The molecular weight excluding hydrogens is 456 g/mol. The zero-order valence-electron chi connectivity index (χ0n) is 21.7. The van der Waals surface area contributed by atoms with Crippen molar-refractivity contribution in [2.75, 3.05) is 6.61 Å². The van der Waals surface area contributed by atoms with Gasteiger partial charge in [-0.2, -0.15) is 0 Å². The van der Waals surface area contributed by atoms with E-state index in [1.54, 1.807) is 6.07 Å². The number of ether oxygens (including phenoxy) is 1. The summed E-state index contributed by atoms with van der Waals surface area (Å²) >= 11 is 0. The molecule has 0 saturated carbocycles. The number of fused-ring (bicyclic) bond motifs is 1.